The summed E-state index contributed by atoms with van der Waals surface area (Å²) in [5, 5.41) is 18.3. The number of nitro groups is 1. The molecule has 1 atom stereocenters. The lowest BCUT2D eigenvalue weighted by Crippen LogP contribution is -2.30. The summed E-state index contributed by atoms with van der Waals surface area (Å²) in [4.78, 5) is 39.9. The molecule has 0 aliphatic carbocycles. The Balaban J connectivity index is 1.81. The second kappa shape index (κ2) is 8.07. The number of benzene rings is 1. The van der Waals surface area contributed by atoms with Crippen LogP contribution in [0, 0.1) is 24.0 Å². The van der Waals surface area contributed by atoms with E-state index in [-0.39, 0.29) is 22.0 Å². The number of halogens is 1. The lowest BCUT2D eigenvalue weighted by molar-refractivity contribution is -0.384. The molecule has 0 saturated carbocycles. The van der Waals surface area contributed by atoms with Crippen molar-refractivity contribution < 1.29 is 19.2 Å². The Hall–Kier alpha value is -3.53. The summed E-state index contributed by atoms with van der Waals surface area (Å²) in [6, 6.07) is 5.22. The molecule has 156 valence electrons. The maximum Gasteiger partial charge on any atom is 0.339 e. The van der Waals surface area contributed by atoms with E-state index in [0.717, 1.165) is 6.07 Å². The molecule has 2 heterocycles. The first-order chi connectivity index (χ1) is 14.1. The fourth-order valence-electron chi connectivity index (χ4n) is 2.97. The SMILES string of the molecule is Cc1cc(C(=O)OC(C)C(=O)Nc2cc([N+](=O)[O-])ccc2Cl)c2c(C)nn(C)c2n1. The molecule has 0 spiro atoms. The molecule has 3 rings (SSSR count). The summed E-state index contributed by atoms with van der Waals surface area (Å²) in [5.41, 5.74) is 1.78. The number of anilines is 1. The number of nitrogens with zero attached hydrogens (tertiary/aromatic N) is 4. The van der Waals surface area contributed by atoms with Crippen molar-refractivity contribution >= 4 is 45.9 Å². The smallest absolute Gasteiger partial charge is 0.339 e. The lowest BCUT2D eigenvalue weighted by Gasteiger charge is -2.15. The Morgan fingerprint density at radius 3 is 2.67 bits per heavy atom. The van der Waals surface area contributed by atoms with Crippen LogP contribution in [0.2, 0.25) is 5.02 Å². The van der Waals surface area contributed by atoms with Crippen molar-refractivity contribution in [2.45, 2.75) is 26.9 Å². The minimum absolute atomic E-state index is 0.0454. The minimum atomic E-state index is -1.19. The van der Waals surface area contributed by atoms with E-state index in [1.54, 1.807) is 31.6 Å². The van der Waals surface area contributed by atoms with Gasteiger partial charge in [0.1, 0.15) is 0 Å². The van der Waals surface area contributed by atoms with Gasteiger partial charge >= 0.3 is 5.97 Å². The van der Waals surface area contributed by atoms with Gasteiger partial charge in [0.15, 0.2) is 11.8 Å². The monoisotopic (exact) mass is 431 g/mol. The third-order valence-electron chi connectivity index (χ3n) is 4.39. The van der Waals surface area contributed by atoms with Gasteiger partial charge in [0.2, 0.25) is 0 Å². The van der Waals surface area contributed by atoms with Crippen LogP contribution in [0.15, 0.2) is 24.3 Å². The van der Waals surface area contributed by atoms with Crippen LogP contribution in [-0.2, 0) is 16.6 Å². The van der Waals surface area contributed by atoms with Crippen LogP contribution >= 0.6 is 11.6 Å². The Bertz CT molecular complexity index is 1190. The molecule has 2 aromatic heterocycles. The van der Waals surface area contributed by atoms with Crippen molar-refractivity contribution in [1.82, 2.24) is 14.8 Å². The van der Waals surface area contributed by atoms with E-state index in [9.17, 15) is 19.7 Å². The highest BCUT2D eigenvalue weighted by molar-refractivity contribution is 6.33. The number of ether oxygens (including phenoxy) is 1. The van der Waals surface area contributed by atoms with E-state index in [0.29, 0.717) is 22.4 Å². The van der Waals surface area contributed by atoms with Crippen molar-refractivity contribution in [2.24, 2.45) is 7.05 Å². The molecule has 30 heavy (non-hydrogen) atoms. The zero-order valence-electron chi connectivity index (χ0n) is 16.6. The molecule has 3 aromatic rings. The molecule has 0 saturated heterocycles. The van der Waals surface area contributed by atoms with Gasteiger partial charge in [0.25, 0.3) is 11.6 Å². The van der Waals surface area contributed by atoms with Gasteiger partial charge in [-0.15, -0.1) is 0 Å². The molecular formula is C19H18ClN5O5. The van der Waals surface area contributed by atoms with Crippen molar-refractivity contribution in [3.05, 3.63) is 56.4 Å². The van der Waals surface area contributed by atoms with Gasteiger partial charge in [-0.25, -0.2) is 9.78 Å². The number of rotatable bonds is 5. The highest BCUT2D eigenvalue weighted by Gasteiger charge is 2.24. The van der Waals surface area contributed by atoms with Crippen LogP contribution in [0.25, 0.3) is 11.0 Å². The summed E-state index contributed by atoms with van der Waals surface area (Å²) in [6.45, 7) is 4.87. The molecule has 10 nitrogen and oxygen atoms in total. The van der Waals surface area contributed by atoms with Gasteiger partial charge in [-0.1, -0.05) is 11.6 Å². The molecule has 0 fully saturated rings. The lowest BCUT2D eigenvalue weighted by atomic mass is 10.1. The summed E-state index contributed by atoms with van der Waals surface area (Å²) in [5.74, 6) is -1.40. The summed E-state index contributed by atoms with van der Waals surface area (Å²) in [7, 11) is 1.72. The van der Waals surface area contributed by atoms with E-state index in [4.69, 9.17) is 16.3 Å². The number of fused-ring (bicyclic) bond motifs is 1. The standard InChI is InChI=1S/C19H18ClN5O5/c1-9-7-13(16-10(2)23-24(4)17(16)21-9)19(27)30-11(3)18(26)22-15-8-12(25(28)29)5-6-14(15)20/h5-8,11H,1-4H3,(H,22,26). The quantitative estimate of drug-likeness (QED) is 0.372. The first kappa shape index (κ1) is 21.2. The molecule has 1 N–H and O–H groups in total. The van der Waals surface area contributed by atoms with Crippen LogP contribution in [0.3, 0.4) is 0 Å². The number of aromatic nitrogens is 3. The third kappa shape index (κ3) is 4.08. The van der Waals surface area contributed by atoms with Gasteiger partial charge in [0, 0.05) is 24.9 Å². The number of hydrogen-bond donors (Lipinski definition) is 1. The number of carbonyl (C=O) groups excluding carboxylic acids is 2. The summed E-state index contributed by atoms with van der Waals surface area (Å²) in [6.07, 6.45) is -1.19. The normalized spacial score (nSPS) is 11.9. The largest absolute Gasteiger partial charge is 0.449 e. The highest BCUT2D eigenvalue weighted by atomic mass is 35.5. The van der Waals surface area contributed by atoms with Crippen LogP contribution in [0.1, 0.15) is 28.7 Å². The van der Waals surface area contributed by atoms with Crippen molar-refractivity contribution in [1.29, 1.82) is 0 Å². The Morgan fingerprint density at radius 2 is 2.00 bits per heavy atom. The van der Waals surface area contributed by atoms with Crippen LogP contribution in [0.5, 0.6) is 0 Å². The number of pyridine rings is 1. The maximum atomic E-state index is 12.8. The number of non-ortho nitro benzene ring substituents is 1. The molecule has 0 bridgehead atoms. The maximum absolute atomic E-state index is 12.8. The number of esters is 1. The van der Waals surface area contributed by atoms with Crippen LogP contribution < -0.4 is 5.32 Å². The van der Waals surface area contributed by atoms with Crippen molar-refractivity contribution in [3.8, 4) is 0 Å². The van der Waals surface area contributed by atoms with Gasteiger partial charge < -0.3 is 10.1 Å². The molecule has 11 heteroatoms. The zero-order valence-corrected chi connectivity index (χ0v) is 17.4. The fraction of sp³-hybridized carbons (Fsp3) is 0.263. The molecule has 0 aliphatic rings. The Morgan fingerprint density at radius 1 is 1.30 bits per heavy atom. The molecule has 0 radical (unpaired) electrons. The molecule has 1 unspecified atom stereocenters. The topological polar surface area (TPSA) is 129 Å². The predicted octanol–water partition coefficient (Wildman–Crippen LogP) is 3.33. The number of nitro benzene ring substituents is 1. The number of hydrogen-bond acceptors (Lipinski definition) is 7. The van der Waals surface area contributed by atoms with Crippen LogP contribution in [0.4, 0.5) is 11.4 Å². The second-order valence-electron chi connectivity index (χ2n) is 6.68. The number of carbonyl (C=O) groups is 2. The van der Waals surface area contributed by atoms with Crippen molar-refractivity contribution in [2.75, 3.05) is 5.32 Å². The van der Waals surface area contributed by atoms with Gasteiger partial charge in [-0.05, 0) is 32.9 Å². The van der Waals surface area contributed by atoms with Gasteiger partial charge in [-0.3, -0.25) is 19.6 Å². The summed E-state index contributed by atoms with van der Waals surface area (Å²) >= 11 is 5.99. The Labute approximate surface area is 175 Å². The van der Waals surface area contributed by atoms with E-state index >= 15 is 0 Å². The third-order valence-corrected chi connectivity index (χ3v) is 4.72. The van der Waals surface area contributed by atoms with E-state index in [2.05, 4.69) is 15.4 Å². The fourth-order valence-corrected chi connectivity index (χ4v) is 3.13. The average Bonchev–Trinajstić information content (AvgIpc) is 2.96. The van der Waals surface area contributed by atoms with Gasteiger partial charge in [-0.2, -0.15) is 5.10 Å². The molecule has 1 aromatic carbocycles. The molecular weight excluding hydrogens is 414 g/mol. The van der Waals surface area contributed by atoms with Crippen LogP contribution in [-0.4, -0.2) is 37.7 Å². The van der Waals surface area contributed by atoms with E-state index < -0.39 is 22.9 Å². The first-order valence-corrected chi connectivity index (χ1v) is 9.23. The number of amides is 1. The van der Waals surface area contributed by atoms with E-state index in [1.165, 1.54) is 19.1 Å². The van der Waals surface area contributed by atoms with E-state index in [1.807, 2.05) is 0 Å². The predicted molar refractivity (Wildman–Crippen MR) is 110 cm³/mol. The molecule has 1 amide bonds. The highest BCUT2D eigenvalue weighted by Crippen LogP contribution is 2.27. The number of nitrogens with one attached hydrogen (secondary N) is 1. The first-order valence-electron chi connectivity index (χ1n) is 8.85. The van der Waals surface area contributed by atoms with Crippen molar-refractivity contribution in [3.63, 3.8) is 0 Å². The zero-order chi connectivity index (χ0) is 22.2. The van der Waals surface area contributed by atoms with Gasteiger partial charge in [0.05, 0.1) is 32.3 Å². The number of aryl methyl sites for hydroxylation is 3. The Kier molecular flexibility index (Phi) is 5.70. The second-order valence-corrected chi connectivity index (χ2v) is 7.08. The molecule has 0 aliphatic heterocycles. The average molecular weight is 432 g/mol. The minimum Gasteiger partial charge on any atom is -0.449 e. The summed E-state index contributed by atoms with van der Waals surface area (Å²) < 4.78 is 6.89.